The van der Waals surface area contributed by atoms with E-state index >= 15 is 0 Å². The maximum absolute atomic E-state index is 12.3. The van der Waals surface area contributed by atoms with Gasteiger partial charge in [-0.2, -0.15) is 0 Å². The molecule has 1 aromatic carbocycles. The van der Waals surface area contributed by atoms with E-state index < -0.39 is 12.0 Å². The number of amides is 1. The van der Waals surface area contributed by atoms with Gasteiger partial charge in [0.15, 0.2) is 0 Å². The largest absolute Gasteiger partial charge is 0.480 e. The molecule has 0 radical (unpaired) electrons. The van der Waals surface area contributed by atoms with Gasteiger partial charge in [-0.15, -0.1) is 12.4 Å². The first-order chi connectivity index (χ1) is 10.1. The Morgan fingerprint density at radius 3 is 2.64 bits per heavy atom. The average molecular weight is 327 g/mol. The van der Waals surface area contributed by atoms with Gasteiger partial charge >= 0.3 is 5.97 Å². The third-order valence-corrected chi connectivity index (χ3v) is 3.98. The summed E-state index contributed by atoms with van der Waals surface area (Å²) in [6.07, 6.45) is 2.23. The highest BCUT2D eigenvalue weighted by Gasteiger charge is 2.32. The standard InChI is InChI=1S/C16H22N2O3.ClH/c1-2-14(16(20)21)18-10-6-7-12(11-18)15(19)17-13-8-4-3-5-9-13;/h3-5,8-9,12,14H,2,6-7,10-11H2,1H3,(H,17,19)(H,20,21);1H. The molecule has 22 heavy (non-hydrogen) atoms. The van der Waals surface area contributed by atoms with Crippen LogP contribution in [0.15, 0.2) is 30.3 Å². The Morgan fingerprint density at radius 2 is 2.05 bits per heavy atom. The van der Waals surface area contributed by atoms with Gasteiger partial charge < -0.3 is 10.4 Å². The van der Waals surface area contributed by atoms with Crippen LogP contribution in [-0.2, 0) is 9.59 Å². The summed E-state index contributed by atoms with van der Waals surface area (Å²) in [5.41, 5.74) is 0.782. The van der Waals surface area contributed by atoms with Gasteiger partial charge in [0.05, 0.1) is 5.92 Å². The van der Waals surface area contributed by atoms with E-state index in [4.69, 9.17) is 0 Å². The van der Waals surface area contributed by atoms with Gasteiger partial charge in [-0.1, -0.05) is 25.1 Å². The monoisotopic (exact) mass is 326 g/mol. The molecule has 1 aromatic rings. The number of rotatable bonds is 5. The Hall–Kier alpha value is -1.59. The van der Waals surface area contributed by atoms with Crippen LogP contribution in [0.3, 0.4) is 0 Å². The van der Waals surface area contributed by atoms with Crippen LogP contribution in [-0.4, -0.2) is 41.0 Å². The van der Waals surface area contributed by atoms with Crippen LogP contribution in [0.5, 0.6) is 0 Å². The molecule has 1 aliphatic heterocycles. The number of carbonyl (C=O) groups excluding carboxylic acids is 1. The quantitative estimate of drug-likeness (QED) is 0.872. The van der Waals surface area contributed by atoms with Crippen molar-refractivity contribution in [3.8, 4) is 0 Å². The number of piperidine rings is 1. The summed E-state index contributed by atoms with van der Waals surface area (Å²) in [7, 11) is 0. The second kappa shape index (κ2) is 8.76. The van der Waals surface area contributed by atoms with Crippen LogP contribution >= 0.6 is 12.4 Å². The van der Waals surface area contributed by atoms with Crippen molar-refractivity contribution in [2.75, 3.05) is 18.4 Å². The number of carboxylic acid groups (broad SMARTS) is 1. The average Bonchev–Trinajstić information content (AvgIpc) is 2.49. The number of carboxylic acids is 1. The van der Waals surface area contributed by atoms with E-state index in [0.717, 1.165) is 25.1 Å². The molecule has 2 unspecified atom stereocenters. The third kappa shape index (κ3) is 4.71. The highest BCUT2D eigenvalue weighted by atomic mass is 35.5. The number of anilines is 1. The number of para-hydroxylation sites is 1. The first-order valence-electron chi connectivity index (χ1n) is 7.44. The van der Waals surface area contributed by atoms with Gasteiger partial charge in [0.25, 0.3) is 0 Å². The van der Waals surface area contributed by atoms with Crippen molar-refractivity contribution in [3.05, 3.63) is 30.3 Å². The first kappa shape index (κ1) is 18.5. The molecular formula is C16H23ClN2O3. The molecule has 6 heteroatoms. The van der Waals surface area contributed by atoms with Crippen molar-refractivity contribution >= 4 is 30.0 Å². The summed E-state index contributed by atoms with van der Waals surface area (Å²) < 4.78 is 0. The normalized spacial score (nSPS) is 19.8. The third-order valence-electron chi connectivity index (χ3n) is 3.98. The van der Waals surface area contributed by atoms with E-state index in [1.807, 2.05) is 42.2 Å². The number of hydrogen-bond acceptors (Lipinski definition) is 3. The second-order valence-electron chi connectivity index (χ2n) is 5.45. The molecule has 2 atom stereocenters. The fourth-order valence-corrected chi connectivity index (χ4v) is 2.86. The highest BCUT2D eigenvalue weighted by molar-refractivity contribution is 5.92. The highest BCUT2D eigenvalue weighted by Crippen LogP contribution is 2.21. The molecule has 0 spiro atoms. The lowest BCUT2D eigenvalue weighted by Gasteiger charge is -2.35. The fraction of sp³-hybridized carbons (Fsp3) is 0.500. The van der Waals surface area contributed by atoms with Gasteiger partial charge in [0.1, 0.15) is 6.04 Å². The van der Waals surface area contributed by atoms with Gasteiger partial charge in [0, 0.05) is 12.2 Å². The van der Waals surface area contributed by atoms with Gasteiger partial charge in [0.2, 0.25) is 5.91 Å². The summed E-state index contributed by atoms with van der Waals surface area (Å²) in [5.74, 6) is -0.972. The molecule has 122 valence electrons. The minimum absolute atomic E-state index is 0. The van der Waals surface area contributed by atoms with Gasteiger partial charge in [-0.25, -0.2) is 0 Å². The Morgan fingerprint density at radius 1 is 1.36 bits per heavy atom. The molecule has 5 nitrogen and oxygen atoms in total. The zero-order valence-electron chi connectivity index (χ0n) is 12.7. The Labute approximate surface area is 137 Å². The lowest BCUT2D eigenvalue weighted by Crippen LogP contribution is -2.48. The van der Waals surface area contributed by atoms with Crippen molar-refractivity contribution in [2.24, 2.45) is 5.92 Å². The number of halogens is 1. The van der Waals surface area contributed by atoms with Crippen LogP contribution < -0.4 is 5.32 Å². The Bertz CT molecular complexity index is 495. The number of likely N-dealkylation sites (tertiary alicyclic amines) is 1. The lowest BCUT2D eigenvalue weighted by molar-refractivity contribution is -0.145. The van der Waals surface area contributed by atoms with Crippen LogP contribution in [0, 0.1) is 5.92 Å². The van der Waals surface area contributed by atoms with Crippen molar-refractivity contribution in [2.45, 2.75) is 32.2 Å². The summed E-state index contributed by atoms with van der Waals surface area (Å²) in [6, 6.07) is 8.87. The number of nitrogens with one attached hydrogen (secondary N) is 1. The molecule has 0 bridgehead atoms. The summed E-state index contributed by atoms with van der Waals surface area (Å²) in [4.78, 5) is 25.5. The van der Waals surface area contributed by atoms with E-state index in [1.54, 1.807) is 0 Å². The van der Waals surface area contributed by atoms with E-state index in [2.05, 4.69) is 5.32 Å². The summed E-state index contributed by atoms with van der Waals surface area (Å²) >= 11 is 0. The molecule has 1 aliphatic rings. The smallest absolute Gasteiger partial charge is 0.320 e. The molecule has 1 fully saturated rings. The van der Waals surface area contributed by atoms with Crippen molar-refractivity contribution < 1.29 is 14.7 Å². The molecule has 2 N–H and O–H groups in total. The first-order valence-corrected chi connectivity index (χ1v) is 7.44. The predicted octanol–water partition coefficient (Wildman–Crippen LogP) is 2.62. The van der Waals surface area contributed by atoms with E-state index in [9.17, 15) is 14.7 Å². The molecule has 1 saturated heterocycles. The van der Waals surface area contributed by atoms with Crippen LogP contribution in [0.1, 0.15) is 26.2 Å². The van der Waals surface area contributed by atoms with E-state index in [0.29, 0.717) is 13.0 Å². The molecular weight excluding hydrogens is 304 g/mol. The zero-order chi connectivity index (χ0) is 15.2. The topological polar surface area (TPSA) is 69.6 Å². The number of nitrogens with zero attached hydrogens (tertiary/aromatic N) is 1. The number of benzene rings is 1. The molecule has 0 aliphatic carbocycles. The lowest BCUT2D eigenvalue weighted by atomic mass is 9.95. The van der Waals surface area contributed by atoms with Crippen LogP contribution in [0.4, 0.5) is 5.69 Å². The molecule has 1 amide bonds. The molecule has 0 aromatic heterocycles. The fourth-order valence-electron chi connectivity index (χ4n) is 2.86. The minimum atomic E-state index is -0.804. The van der Waals surface area contributed by atoms with Crippen molar-refractivity contribution in [1.29, 1.82) is 0 Å². The Kier molecular flexibility index (Phi) is 7.35. The van der Waals surface area contributed by atoms with Crippen molar-refractivity contribution in [3.63, 3.8) is 0 Å². The maximum Gasteiger partial charge on any atom is 0.320 e. The minimum Gasteiger partial charge on any atom is -0.480 e. The summed E-state index contributed by atoms with van der Waals surface area (Å²) in [5, 5.41) is 12.1. The Balaban J connectivity index is 0.00000242. The van der Waals surface area contributed by atoms with Crippen molar-refractivity contribution in [1.82, 2.24) is 4.90 Å². The van der Waals surface area contributed by atoms with Gasteiger partial charge in [-0.05, 0) is 37.9 Å². The summed E-state index contributed by atoms with van der Waals surface area (Å²) in [6.45, 7) is 3.13. The second-order valence-corrected chi connectivity index (χ2v) is 5.45. The van der Waals surface area contributed by atoms with Crippen LogP contribution in [0.25, 0.3) is 0 Å². The predicted molar refractivity (Wildman–Crippen MR) is 88.3 cm³/mol. The molecule has 1 heterocycles. The molecule has 0 saturated carbocycles. The maximum atomic E-state index is 12.3. The number of carbonyl (C=O) groups is 2. The van der Waals surface area contributed by atoms with Gasteiger partial charge in [-0.3, -0.25) is 14.5 Å². The molecule has 2 rings (SSSR count). The number of aliphatic carboxylic acids is 1. The van der Waals surface area contributed by atoms with E-state index in [-0.39, 0.29) is 24.2 Å². The zero-order valence-corrected chi connectivity index (χ0v) is 13.5. The number of hydrogen-bond donors (Lipinski definition) is 2. The van der Waals surface area contributed by atoms with E-state index in [1.165, 1.54) is 0 Å². The SMILES string of the molecule is CCC(C(=O)O)N1CCCC(C(=O)Nc2ccccc2)C1.Cl. The van der Waals surface area contributed by atoms with Crippen LogP contribution in [0.2, 0.25) is 0 Å².